The number of anilines is 1. The molecule has 1 heterocycles. The molecule has 2 atom stereocenters. The second-order valence-electron chi connectivity index (χ2n) is 4.16. The van der Waals surface area contributed by atoms with Gasteiger partial charge in [-0.2, -0.15) is 5.26 Å². The van der Waals surface area contributed by atoms with Gasteiger partial charge in [-0.3, -0.25) is 0 Å². The van der Waals surface area contributed by atoms with E-state index in [-0.39, 0.29) is 19.1 Å². The fourth-order valence-electron chi connectivity index (χ4n) is 1.77. The summed E-state index contributed by atoms with van der Waals surface area (Å²) in [5.41, 5.74) is 1.08. The molecule has 2 amide bonds. The second kappa shape index (κ2) is 5.04. The van der Waals surface area contributed by atoms with Crippen LogP contribution in [0.3, 0.4) is 0 Å². The molecule has 6 nitrogen and oxygen atoms in total. The maximum Gasteiger partial charge on any atom is 0.322 e. The Labute approximate surface area is 104 Å². The molecule has 0 aliphatic carbocycles. The number of carbonyl (C=O) groups is 1. The predicted molar refractivity (Wildman–Crippen MR) is 63.8 cm³/mol. The first-order chi connectivity index (χ1) is 8.60. The maximum atomic E-state index is 11.8. The van der Waals surface area contributed by atoms with Gasteiger partial charge in [-0.1, -0.05) is 0 Å². The lowest BCUT2D eigenvalue weighted by Crippen LogP contribution is -2.33. The first-order valence-electron chi connectivity index (χ1n) is 5.52. The molecule has 1 aromatic carbocycles. The lowest BCUT2D eigenvalue weighted by atomic mass is 10.2. The zero-order valence-corrected chi connectivity index (χ0v) is 9.58. The SMILES string of the molecule is N#Cc1ccc(NC(=O)N2C[C@@H](O)[C@@H](O)C2)cc1. The molecule has 1 aromatic rings. The monoisotopic (exact) mass is 247 g/mol. The summed E-state index contributed by atoms with van der Waals surface area (Å²) in [5.74, 6) is 0. The van der Waals surface area contributed by atoms with Gasteiger partial charge in [-0.25, -0.2) is 4.79 Å². The summed E-state index contributed by atoms with van der Waals surface area (Å²) in [7, 11) is 0. The lowest BCUT2D eigenvalue weighted by Gasteiger charge is -2.16. The van der Waals surface area contributed by atoms with E-state index in [0.29, 0.717) is 11.3 Å². The van der Waals surface area contributed by atoms with E-state index in [0.717, 1.165) is 0 Å². The number of β-amino-alcohol motifs (C(OH)–C–C–N with tert-alkyl or cyclic N) is 2. The standard InChI is InChI=1S/C12H13N3O3/c13-5-8-1-3-9(4-2-8)14-12(18)15-6-10(16)11(17)7-15/h1-4,10-11,16-17H,6-7H2,(H,14,18)/t10-,11+. The van der Waals surface area contributed by atoms with Crippen LogP contribution < -0.4 is 5.32 Å². The molecule has 1 aliphatic rings. The highest BCUT2D eigenvalue weighted by molar-refractivity contribution is 5.89. The third-order valence-corrected chi connectivity index (χ3v) is 2.81. The van der Waals surface area contributed by atoms with Crippen LogP contribution in [0.1, 0.15) is 5.56 Å². The van der Waals surface area contributed by atoms with Crippen molar-refractivity contribution in [2.24, 2.45) is 0 Å². The van der Waals surface area contributed by atoms with Crippen LogP contribution in [0.5, 0.6) is 0 Å². The number of nitriles is 1. The van der Waals surface area contributed by atoms with Crippen molar-refractivity contribution in [2.45, 2.75) is 12.2 Å². The normalized spacial score (nSPS) is 22.6. The van der Waals surface area contributed by atoms with Crippen molar-refractivity contribution in [3.8, 4) is 6.07 Å². The highest BCUT2D eigenvalue weighted by Gasteiger charge is 2.32. The first-order valence-corrected chi connectivity index (χ1v) is 5.52. The van der Waals surface area contributed by atoms with Crippen molar-refractivity contribution >= 4 is 11.7 Å². The highest BCUT2D eigenvalue weighted by atomic mass is 16.3. The molecule has 1 fully saturated rings. The number of hydrogen-bond donors (Lipinski definition) is 3. The number of carbonyl (C=O) groups excluding carboxylic acids is 1. The van der Waals surface area contributed by atoms with Crippen LogP contribution in [-0.4, -0.2) is 46.4 Å². The van der Waals surface area contributed by atoms with E-state index < -0.39 is 12.2 Å². The minimum absolute atomic E-state index is 0.114. The molecule has 0 unspecified atom stereocenters. The largest absolute Gasteiger partial charge is 0.388 e. The number of amides is 2. The molecule has 0 radical (unpaired) electrons. The van der Waals surface area contributed by atoms with Crippen LogP contribution in [0.2, 0.25) is 0 Å². The average molecular weight is 247 g/mol. The molecule has 18 heavy (non-hydrogen) atoms. The molecule has 0 aromatic heterocycles. The summed E-state index contributed by atoms with van der Waals surface area (Å²) in [6.07, 6.45) is -1.78. The second-order valence-corrected chi connectivity index (χ2v) is 4.16. The fraction of sp³-hybridized carbons (Fsp3) is 0.333. The van der Waals surface area contributed by atoms with Gasteiger partial charge >= 0.3 is 6.03 Å². The number of benzene rings is 1. The van der Waals surface area contributed by atoms with Crippen molar-refractivity contribution in [3.63, 3.8) is 0 Å². The minimum Gasteiger partial charge on any atom is -0.388 e. The Kier molecular flexibility index (Phi) is 3.46. The number of urea groups is 1. The van der Waals surface area contributed by atoms with Gasteiger partial charge in [0.25, 0.3) is 0 Å². The van der Waals surface area contributed by atoms with Crippen molar-refractivity contribution in [2.75, 3.05) is 18.4 Å². The molecule has 0 saturated carbocycles. The summed E-state index contributed by atoms with van der Waals surface area (Å²) >= 11 is 0. The summed E-state index contributed by atoms with van der Waals surface area (Å²) < 4.78 is 0. The van der Waals surface area contributed by atoms with Gasteiger partial charge in [0.05, 0.1) is 36.9 Å². The summed E-state index contributed by atoms with van der Waals surface area (Å²) in [4.78, 5) is 13.1. The van der Waals surface area contributed by atoms with Crippen LogP contribution >= 0.6 is 0 Å². The first kappa shape index (κ1) is 12.4. The summed E-state index contributed by atoms with van der Waals surface area (Å²) in [6, 6.07) is 8.06. The van der Waals surface area contributed by atoms with Crippen molar-refractivity contribution in [1.82, 2.24) is 4.90 Å². The van der Waals surface area contributed by atoms with E-state index in [1.807, 2.05) is 6.07 Å². The molecule has 0 spiro atoms. The maximum absolute atomic E-state index is 11.8. The Morgan fingerprint density at radius 1 is 1.28 bits per heavy atom. The molecule has 2 rings (SSSR count). The van der Waals surface area contributed by atoms with Gasteiger partial charge in [0, 0.05) is 5.69 Å². The number of aliphatic hydroxyl groups is 2. The van der Waals surface area contributed by atoms with Crippen LogP contribution in [0, 0.1) is 11.3 Å². The van der Waals surface area contributed by atoms with E-state index in [1.54, 1.807) is 24.3 Å². The fourth-order valence-corrected chi connectivity index (χ4v) is 1.77. The average Bonchev–Trinajstić information content (AvgIpc) is 2.71. The van der Waals surface area contributed by atoms with Gasteiger partial charge in [0.2, 0.25) is 0 Å². The Morgan fingerprint density at radius 3 is 2.33 bits per heavy atom. The van der Waals surface area contributed by atoms with Crippen molar-refractivity contribution in [3.05, 3.63) is 29.8 Å². The van der Waals surface area contributed by atoms with Gasteiger partial charge < -0.3 is 20.4 Å². The molecule has 6 heteroatoms. The van der Waals surface area contributed by atoms with Crippen molar-refractivity contribution in [1.29, 1.82) is 5.26 Å². The Morgan fingerprint density at radius 2 is 1.83 bits per heavy atom. The van der Waals surface area contributed by atoms with Gasteiger partial charge in [0.1, 0.15) is 0 Å². The predicted octanol–water partition coefficient (Wildman–Crippen LogP) is 0.128. The zero-order chi connectivity index (χ0) is 13.1. The molecule has 1 saturated heterocycles. The Bertz CT molecular complexity index is 470. The molecule has 0 bridgehead atoms. The quantitative estimate of drug-likeness (QED) is 0.657. The number of rotatable bonds is 1. The number of nitrogens with one attached hydrogen (secondary N) is 1. The van der Waals surface area contributed by atoms with Crippen LogP contribution in [-0.2, 0) is 0 Å². The van der Waals surface area contributed by atoms with E-state index in [1.165, 1.54) is 4.90 Å². The molecular weight excluding hydrogens is 234 g/mol. The molecule has 1 aliphatic heterocycles. The highest BCUT2D eigenvalue weighted by Crippen LogP contribution is 2.14. The van der Waals surface area contributed by atoms with Crippen molar-refractivity contribution < 1.29 is 15.0 Å². The van der Waals surface area contributed by atoms with E-state index in [2.05, 4.69) is 5.32 Å². The lowest BCUT2D eigenvalue weighted by molar-refractivity contribution is 0.0572. The number of aliphatic hydroxyl groups excluding tert-OH is 2. The van der Waals surface area contributed by atoms with Gasteiger partial charge in [-0.15, -0.1) is 0 Å². The number of likely N-dealkylation sites (tertiary alicyclic amines) is 1. The molecular formula is C12H13N3O3. The van der Waals surface area contributed by atoms with E-state index in [9.17, 15) is 15.0 Å². The summed E-state index contributed by atoms with van der Waals surface area (Å²) in [5, 5.41) is 30.0. The smallest absolute Gasteiger partial charge is 0.322 e. The Hall–Kier alpha value is -2.10. The van der Waals surface area contributed by atoms with Gasteiger partial charge in [0.15, 0.2) is 0 Å². The van der Waals surface area contributed by atoms with Crippen LogP contribution in [0.15, 0.2) is 24.3 Å². The third-order valence-electron chi connectivity index (χ3n) is 2.81. The van der Waals surface area contributed by atoms with Crippen LogP contribution in [0.25, 0.3) is 0 Å². The number of nitrogens with zero attached hydrogens (tertiary/aromatic N) is 2. The topological polar surface area (TPSA) is 96.6 Å². The zero-order valence-electron chi connectivity index (χ0n) is 9.58. The van der Waals surface area contributed by atoms with Gasteiger partial charge in [-0.05, 0) is 24.3 Å². The Balaban J connectivity index is 1.97. The van der Waals surface area contributed by atoms with E-state index in [4.69, 9.17) is 5.26 Å². The molecule has 94 valence electrons. The third kappa shape index (κ3) is 2.59. The van der Waals surface area contributed by atoms with E-state index >= 15 is 0 Å². The van der Waals surface area contributed by atoms with Crippen LogP contribution in [0.4, 0.5) is 10.5 Å². The molecule has 3 N–H and O–H groups in total. The minimum atomic E-state index is -0.892. The summed E-state index contributed by atoms with van der Waals surface area (Å²) in [6.45, 7) is 0.229. The number of hydrogen-bond acceptors (Lipinski definition) is 4.